The van der Waals surface area contributed by atoms with E-state index >= 15 is 0 Å². The monoisotopic (exact) mass is 334 g/mol. The molecule has 2 aromatic rings. The number of hydrogen-bond donors (Lipinski definition) is 1. The van der Waals surface area contributed by atoms with E-state index in [1.807, 2.05) is 43.3 Å². The third-order valence-electron chi connectivity index (χ3n) is 2.82. The minimum Gasteiger partial charge on any atom is -0.445 e. The summed E-state index contributed by atoms with van der Waals surface area (Å²) in [4.78, 5) is 15.7. The normalized spacial score (nSPS) is 11.7. The zero-order chi connectivity index (χ0) is 14.4. The number of ether oxygens (including phenoxy) is 1. The summed E-state index contributed by atoms with van der Waals surface area (Å²) in [6.07, 6.45) is 2.95. The quantitative estimate of drug-likeness (QED) is 0.924. The number of hydrogen-bond acceptors (Lipinski definition) is 3. The van der Waals surface area contributed by atoms with Crippen molar-refractivity contribution in [3.8, 4) is 0 Å². The van der Waals surface area contributed by atoms with E-state index in [4.69, 9.17) is 4.74 Å². The maximum Gasteiger partial charge on any atom is 0.407 e. The van der Waals surface area contributed by atoms with E-state index in [0.717, 1.165) is 15.6 Å². The van der Waals surface area contributed by atoms with Crippen LogP contribution in [0, 0.1) is 0 Å². The molecular formula is C15H15BrN2O2. The number of nitrogens with one attached hydrogen (secondary N) is 1. The Morgan fingerprint density at radius 1 is 1.35 bits per heavy atom. The van der Waals surface area contributed by atoms with Crippen LogP contribution in [0.3, 0.4) is 0 Å². The second-order valence-corrected chi connectivity index (χ2v) is 5.18. The van der Waals surface area contributed by atoms with Gasteiger partial charge in [-0.3, -0.25) is 4.98 Å². The molecule has 0 bridgehead atoms. The standard InChI is InChI=1S/C15H15BrN2O2/c1-11(13-7-8-17-9-14(13)16)18-15(19)20-10-12-5-3-2-4-6-12/h2-9,11H,10H2,1H3,(H,18,19)/t11-/m0/s1. The van der Waals surface area contributed by atoms with Gasteiger partial charge in [0.05, 0.1) is 6.04 Å². The van der Waals surface area contributed by atoms with Crippen molar-refractivity contribution < 1.29 is 9.53 Å². The smallest absolute Gasteiger partial charge is 0.407 e. The van der Waals surface area contributed by atoms with Crippen LogP contribution >= 0.6 is 15.9 Å². The molecule has 0 aliphatic carbocycles. The molecular weight excluding hydrogens is 320 g/mol. The molecule has 1 heterocycles. The van der Waals surface area contributed by atoms with Gasteiger partial charge in [-0.05, 0) is 40.0 Å². The van der Waals surface area contributed by atoms with Crippen molar-refractivity contribution in [2.24, 2.45) is 0 Å². The minimum absolute atomic E-state index is 0.157. The van der Waals surface area contributed by atoms with Gasteiger partial charge in [0.1, 0.15) is 6.61 Å². The van der Waals surface area contributed by atoms with Crippen LogP contribution < -0.4 is 5.32 Å². The van der Waals surface area contributed by atoms with Crippen molar-refractivity contribution in [3.63, 3.8) is 0 Å². The summed E-state index contributed by atoms with van der Waals surface area (Å²) in [7, 11) is 0. The van der Waals surface area contributed by atoms with Crippen LogP contribution in [0.2, 0.25) is 0 Å². The lowest BCUT2D eigenvalue weighted by molar-refractivity contribution is 0.136. The van der Waals surface area contributed by atoms with E-state index < -0.39 is 6.09 Å². The molecule has 0 unspecified atom stereocenters. The maximum atomic E-state index is 11.7. The van der Waals surface area contributed by atoms with Crippen molar-refractivity contribution in [2.45, 2.75) is 19.6 Å². The number of carbonyl (C=O) groups excluding carboxylic acids is 1. The van der Waals surface area contributed by atoms with Crippen LogP contribution in [0.25, 0.3) is 0 Å². The van der Waals surface area contributed by atoms with E-state index in [1.165, 1.54) is 0 Å². The average Bonchev–Trinajstić information content (AvgIpc) is 2.46. The number of carbonyl (C=O) groups is 1. The van der Waals surface area contributed by atoms with Crippen molar-refractivity contribution in [1.82, 2.24) is 10.3 Å². The maximum absolute atomic E-state index is 11.7. The number of amides is 1. The highest BCUT2D eigenvalue weighted by Crippen LogP contribution is 2.21. The summed E-state index contributed by atoms with van der Waals surface area (Å²) < 4.78 is 6.04. The summed E-state index contributed by atoms with van der Waals surface area (Å²) in [5.74, 6) is 0. The topological polar surface area (TPSA) is 51.2 Å². The molecule has 1 atom stereocenters. The highest BCUT2D eigenvalue weighted by Gasteiger charge is 2.13. The van der Waals surface area contributed by atoms with Gasteiger partial charge < -0.3 is 10.1 Å². The molecule has 4 nitrogen and oxygen atoms in total. The van der Waals surface area contributed by atoms with Gasteiger partial charge in [0, 0.05) is 16.9 Å². The number of nitrogens with zero attached hydrogens (tertiary/aromatic N) is 1. The summed E-state index contributed by atoms with van der Waals surface area (Å²) in [5.41, 5.74) is 1.91. The second kappa shape index (κ2) is 7.05. The Labute approximate surface area is 126 Å². The Kier molecular flexibility index (Phi) is 5.12. The lowest BCUT2D eigenvalue weighted by Crippen LogP contribution is -2.27. The highest BCUT2D eigenvalue weighted by molar-refractivity contribution is 9.10. The van der Waals surface area contributed by atoms with Crippen molar-refractivity contribution >= 4 is 22.0 Å². The number of aromatic nitrogens is 1. The van der Waals surface area contributed by atoms with Gasteiger partial charge in [0.15, 0.2) is 0 Å². The fourth-order valence-electron chi connectivity index (χ4n) is 1.76. The number of pyridine rings is 1. The number of rotatable bonds is 4. The second-order valence-electron chi connectivity index (χ2n) is 4.32. The molecule has 5 heteroatoms. The van der Waals surface area contributed by atoms with Crippen molar-refractivity contribution in [2.75, 3.05) is 0 Å². The van der Waals surface area contributed by atoms with Gasteiger partial charge in [-0.2, -0.15) is 0 Å². The Morgan fingerprint density at radius 3 is 2.80 bits per heavy atom. The molecule has 0 fully saturated rings. The zero-order valence-electron chi connectivity index (χ0n) is 11.0. The summed E-state index contributed by atoms with van der Waals surface area (Å²) in [6.45, 7) is 2.15. The molecule has 104 valence electrons. The van der Waals surface area contributed by atoms with Gasteiger partial charge in [-0.15, -0.1) is 0 Å². The lowest BCUT2D eigenvalue weighted by atomic mass is 10.1. The van der Waals surface area contributed by atoms with Gasteiger partial charge in [-0.25, -0.2) is 4.79 Å². The minimum atomic E-state index is -0.440. The molecule has 1 aromatic carbocycles. The third kappa shape index (κ3) is 4.06. The molecule has 0 saturated carbocycles. The van der Waals surface area contributed by atoms with Gasteiger partial charge in [-0.1, -0.05) is 30.3 Å². The highest BCUT2D eigenvalue weighted by atomic mass is 79.9. The predicted molar refractivity (Wildman–Crippen MR) is 80.1 cm³/mol. The van der Waals surface area contributed by atoms with Crippen molar-refractivity contribution in [1.29, 1.82) is 0 Å². The van der Waals surface area contributed by atoms with Crippen LogP contribution in [-0.4, -0.2) is 11.1 Å². The third-order valence-corrected chi connectivity index (χ3v) is 3.48. The van der Waals surface area contributed by atoms with E-state index in [0.29, 0.717) is 0 Å². The first kappa shape index (κ1) is 14.5. The molecule has 0 saturated heterocycles. The molecule has 0 spiro atoms. The predicted octanol–water partition coefficient (Wildman–Crippen LogP) is 3.83. The van der Waals surface area contributed by atoms with Crippen LogP contribution in [0.15, 0.2) is 53.3 Å². The Hall–Kier alpha value is -1.88. The molecule has 1 aromatic heterocycles. The van der Waals surface area contributed by atoms with Gasteiger partial charge >= 0.3 is 6.09 Å². The molecule has 0 radical (unpaired) electrons. The molecule has 1 amide bonds. The Balaban J connectivity index is 1.87. The van der Waals surface area contributed by atoms with Gasteiger partial charge in [0.2, 0.25) is 0 Å². The molecule has 2 rings (SSSR count). The van der Waals surface area contributed by atoms with Crippen LogP contribution in [0.4, 0.5) is 4.79 Å². The first-order chi connectivity index (χ1) is 9.66. The van der Waals surface area contributed by atoms with E-state index in [2.05, 4.69) is 26.2 Å². The zero-order valence-corrected chi connectivity index (χ0v) is 12.6. The molecule has 0 aliphatic heterocycles. The van der Waals surface area contributed by atoms with Crippen LogP contribution in [-0.2, 0) is 11.3 Å². The molecule has 1 N–H and O–H groups in total. The fourth-order valence-corrected chi connectivity index (χ4v) is 2.35. The SMILES string of the molecule is C[C@H](NC(=O)OCc1ccccc1)c1ccncc1Br. The van der Waals surface area contributed by atoms with Gasteiger partial charge in [0.25, 0.3) is 0 Å². The lowest BCUT2D eigenvalue weighted by Gasteiger charge is -2.15. The van der Waals surface area contributed by atoms with E-state index in [1.54, 1.807) is 12.4 Å². The first-order valence-electron chi connectivity index (χ1n) is 6.23. The van der Waals surface area contributed by atoms with Crippen molar-refractivity contribution in [3.05, 3.63) is 64.4 Å². The summed E-state index contributed by atoms with van der Waals surface area (Å²) in [6, 6.07) is 11.3. The fraction of sp³-hybridized carbons (Fsp3) is 0.200. The largest absolute Gasteiger partial charge is 0.445 e. The number of halogens is 1. The van der Waals surface area contributed by atoms with Crippen LogP contribution in [0.5, 0.6) is 0 Å². The summed E-state index contributed by atoms with van der Waals surface area (Å²) in [5, 5.41) is 2.79. The number of benzene rings is 1. The van der Waals surface area contributed by atoms with Crippen LogP contribution in [0.1, 0.15) is 24.1 Å². The molecule has 0 aliphatic rings. The number of alkyl carbamates (subject to hydrolysis) is 1. The average molecular weight is 335 g/mol. The Morgan fingerprint density at radius 2 is 2.10 bits per heavy atom. The van der Waals surface area contributed by atoms with E-state index in [9.17, 15) is 4.79 Å². The molecule has 20 heavy (non-hydrogen) atoms. The Bertz CT molecular complexity index is 575. The van der Waals surface area contributed by atoms with E-state index in [-0.39, 0.29) is 12.6 Å². The first-order valence-corrected chi connectivity index (χ1v) is 7.02. The summed E-state index contributed by atoms with van der Waals surface area (Å²) >= 11 is 3.41.